The molecular formula is C25H25F6N3O2. The maximum absolute atomic E-state index is 14.9. The molecule has 1 N–H and O–H groups in total. The van der Waals surface area contributed by atoms with Crippen LogP contribution in [0.4, 0.5) is 32.2 Å². The maximum Gasteiger partial charge on any atom is 0.420 e. The minimum atomic E-state index is -4.70. The number of anilines is 1. The standard InChI is InChI=1S/C25H25F6N3O2/c1-13(16-5-4-6-18(22(16)26)24(3,27)28)32-23-17-11-21(36-10-9-35-15-7-8-15)19(25(29,30)31)12-20(17)33-14(2)34-23/h4-6,11-13,15H,7-10H2,1-3H3,(H,32,33,34)/t13-/m1/s1. The molecule has 194 valence electrons. The third-order valence-electron chi connectivity index (χ3n) is 5.75. The molecule has 0 radical (unpaired) electrons. The van der Waals surface area contributed by atoms with Gasteiger partial charge in [-0.25, -0.2) is 23.1 Å². The zero-order valence-electron chi connectivity index (χ0n) is 19.8. The first-order chi connectivity index (χ1) is 16.8. The van der Waals surface area contributed by atoms with E-state index in [0.29, 0.717) is 6.92 Å². The summed E-state index contributed by atoms with van der Waals surface area (Å²) in [6.45, 7) is 3.70. The van der Waals surface area contributed by atoms with E-state index in [1.807, 2.05) is 0 Å². The van der Waals surface area contributed by atoms with E-state index in [-0.39, 0.29) is 47.4 Å². The van der Waals surface area contributed by atoms with E-state index < -0.39 is 40.8 Å². The predicted octanol–water partition coefficient (Wildman–Crippen LogP) is 6.94. The van der Waals surface area contributed by atoms with Gasteiger partial charge in [-0.3, -0.25) is 0 Å². The number of alkyl halides is 5. The normalized spacial score (nSPS) is 15.2. The van der Waals surface area contributed by atoms with Crippen LogP contribution in [0.25, 0.3) is 10.9 Å². The lowest BCUT2D eigenvalue weighted by molar-refractivity contribution is -0.139. The summed E-state index contributed by atoms with van der Waals surface area (Å²) in [7, 11) is 0. The van der Waals surface area contributed by atoms with E-state index >= 15 is 0 Å². The highest BCUT2D eigenvalue weighted by atomic mass is 19.4. The second-order valence-corrected chi connectivity index (χ2v) is 8.86. The Morgan fingerprint density at radius 1 is 1.06 bits per heavy atom. The number of benzene rings is 2. The monoisotopic (exact) mass is 513 g/mol. The summed E-state index contributed by atoms with van der Waals surface area (Å²) in [5.74, 6) is -4.59. The van der Waals surface area contributed by atoms with Gasteiger partial charge in [0.1, 0.15) is 29.8 Å². The molecule has 0 saturated heterocycles. The number of hydrogen-bond acceptors (Lipinski definition) is 5. The minimum Gasteiger partial charge on any atom is -0.491 e. The second-order valence-electron chi connectivity index (χ2n) is 8.86. The number of nitrogens with zero attached hydrogens (tertiary/aromatic N) is 2. The average Bonchev–Trinajstić information content (AvgIpc) is 3.59. The Hall–Kier alpha value is -3.08. The summed E-state index contributed by atoms with van der Waals surface area (Å²) in [5, 5.41) is 3.14. The topological polar surface area (TPSA) is 56.3 Å². The Balaban J connectivity index is 1.70. The fraction of sp³-hybridized carbons (Fsp3) is 0.440. The van der Waals surface area contributed by atoms with Crippen LogP contribution in [0.1, 0.15) is 55.2 Å². The van der Waals surface area contributed by atoms with Gasteiger partial charge in [0.25, 0.3) is 5.92 Å². The molecule has 1 aliphatic carbocycles. The van der Waals surface area contributed by atoms with Crippen LogP contribution >= 0.6 is 0 Å². The first-order valence-electron chi connectivity index (χ1n) is 11.4. The average molecular weight is 513 g/mol. The van der Waals surface area contributed by atoms with E-state index in [0.717, 1.165) is 25.0 Å². The molecule has 2 aromatic carbocycles. The van der Waals surface area contributed by atoms with Crippen LogP contribution in [0.3, 0.4) is 0 Å². The number of ether oxygens (including phenoxy) is 2. The van der Waals surface area contributed by atoms with Gasteiger partial charge in [-0.05, 0) is 38.8 Å². The summed E-state index contributed by atoms with van der Waals surface area (Å²) in [6, 6.07) is 4.88. The molecule has 36 heavy (non-hydrogen) atoms. The summed E-state index contributed by atoms with van der Waals surface area (Å²) in [4.78, 5) is 8.39. The van der Waals surface area contributed by atoms with E-state index in [2.05, 4.69) is 15.3 Å². The van der Waals surface area contributed by atoms with Crippen molar-refractivity contribution in [3.8, 4) is 5.75 Å². The number of aromatic nitrogens is 2. The Morgan fingerprint density at radius 3 is 2.42 bits per heavy atom. The maximum atomic E-state index is 14.9. The van der Waals surface area contributed by atoms with E-state index in [1.165, 1.54) is 32.0 Å². The van der Waals surface area contributed by atoms with Crippen molar-refractivity contribution in [2.24, 2.45) is 0 Å². The van der Waals surface area contributed by atoms with Gasteiger partial charge in [0.2, 0.25) is 0 Å². The van der Waals surface area contributed by atoms with Crippen molar-refractivity contribution < 1.29 is 35.8 Å². The van der Waals surface area contributed by atoms with Crippen molar-refractivity contribution in [1.29, 1.82) is 0 Å². The molecule has 0 unspecified atom stereocenters. The Kier molecular flexibility index (Phi) is 7.05. The van der Waals surface area contributed by atoms with Gasteiger partial charge in [0.15, 0.2) is 0 Å². The highest BCUT2D eigenvalue weighted by Gasteiger charge is 2.36. The number of hydrogen-bond donors (Lipinski definition) is 1. The van der Waals surface area contributed by atoms with Crippen LogP contribution < -0.4 is 10.1 Å². The van der Waals surface area contributed by atoms with Crippen molar-refractivity contribution >= 4 is 16.7 Å². The molecule has 1 aliphatic rings. The summed E-state index contributed by atoms with van der Waals surface area (Å²) < 4.78 is 94.6. The minimum absolute atomic E-state index is 0.000389. The fourth-order valence-corrected chi connectivity index (χ4v) is 3.83. The number of nitrogens with one attached hydrogen (secondary N) is 1. The predicted molar refractivity (Wildman–Crippen MR) is 122 cm³/mol. The molecule has 1 atom stereocenters. The van der Waals surface area contributed by atoms with Crippen LogP contribution in [-0.2, 0) is 16.8 Å². The van der Waals surface area contributed by atoms with Crippen molar-refractivity contribution in [1.82, 2.24) is 9.97 Å². The third-order valence-corrected chi connectivity index (χ3v) is 5.75. The smallest absolute Gasteiger partial charge is 0.420 e. The van der Waals surface area contributed by atoms with Crippen molar-refractivity contribution in [2.75, 3.05) is 18.5 Å². The Labute approximate surface area is 203 Å². The highest BCUT2D eigenvalue weighted by molar-refractivity contribution is 5.91. The molecule has 0 bridgehead atoms. The highest BCUT2D eigenvalue weighted by Crippen LogP contribution is 2.40. The Morgan fingerprint density at radius 2 is 1.78 bits per heavy atom. The lowest BCUT2D eigenvalue weighted by Gasteiger charge is -2.21. The molecule has 4 rings (SSSR count). The number of fused-ring (bicyclic) bond motifs is 1. The van der Waals surface area contributed by atoms with Crippen LogP contribution in [0.15, 0.2) is 30.3 Å². The Bertz CT molecular complexity index is 1260. The van der Waals surface area contributed by atoms with Gasteiger partial charge in [0.05, 0.1) is 35.4 Å². The zero-order chi connectivity index (χ0) is 26.3. The van der Waals surface area contributed by atoms with Crippen LogP contribution in [0.2, 0.25) is 0 Å². The van der Waals surface area contributed by atoms with Gasteiger partial charge in [-0.2, -0.15) is 13.2 Å². The van der Waals surface area contributed by atoms with Gasteiger partial charge >= 0.3 is 6.18 Å². The molecular weight excluding hydrogens is 488 g/mol. The third kappa shape index (κ3) is 5.83. The van der Waals surface area contributed by atoms with Crippen LogP contribution in [0.5, 0.6) is 5.75 Å². The van der Waals surface area contributed by atoms with Gasteiger partial charge in [0, 0.05) is 17.9 Å². The largest absolute Gasteiger partial charge is 0.491 e. The number of aryl methyl sites for hydroxylation is 1. The molecule has 1 saturated carbocycles. The van der Waals surface area contributed by atoms with Gasteiger partial charge < -0.3 is 14.8 Å². The molecule has 0 amide bonds. The van der Waals surface area contributed by atoms with Gasteiger partial charge in [-0.1, -0.05) is 18.2 Å². The zero-order valence-corrected chi connectivity index (χ0v) is 19.8. The van der Waals surface area contributed by atoms with Crippen LogP contribution in [-0.4, -0.2) is 29.3 Å². The quantitative estimate of drug-likeness (QED) is 0.248. The molecule has 0 spiro atoms. The summed E-state index contributed by atoms with van der Waals surface area (Å²) in [6.07, 6.45) is -2.72. The van der Waals surface area contributed by atoms with Crippen LogP contribution in [0, 0.1) is 12.7 Å². The molecule has 1 heterocycles. The molecule has 1 fully saturated rings. The number of halogens is 6. The van der Waals surface area contributed by atoms with Crippen molar-refractivity contribution in [3.63, 3.8) is 0 Å². The van der Waals surface area contributed by atoms with E-state index in [4.69, 9.17) is 9.47 Å². The van der Waals surface area contributed by atoms with Crippen molar-refractivity contribution in [2.45, 2.75) is 57.9 Å². The molecule has 3 aromatic rings. The number of rotatable bonds is 9. The SMILES string of the molecule is Cc1nc(N[C@H](C)c2cccc(C(C)(F)F)c2F)c2cc(OCCOC3CC3)c(C(F)(F)F)cc2n1. The second kappa shape index (κ2) is 9.76. The molecule has 5 nitrogen and oxygen atoms in total. The van der Waals surface area contributed by atoms with E-state index in [1.54, 1.807) is 0 Å². The summed E-state index contributed by atoms with van der Waals surface area (Å²) in [5.41, 5.74) is -1.79. The molecule has 1 aromatic heterocycles. The summed E-state index contributed by atoms with van der Waals surface area (Å²) >= 11 is 0. The fourth-order valence-electron chi connectivity index (χ4n) is 3.83. The first-order valence-corrected chi connectivity index (χ1v) is 11.4. The first kappa shape index (κ1) is 26.0. The lowest BCUT2D eigenvalue weighted by atomic mass is 10.0. The van der Waals surface area contributed by atoms with E-state index in [9.17, 15) is 26.3 Å². The van der Waals surface area contributed by atoms with Crippen molar-refractivity contribution in [3.05, 3.63) is 58.7 Å². The molecule has 0 aliphatic heterocycles. The van der Waals surface area contributed by atoms with Gasteiger partial charge in [-0.15, -0.1) is 0 Å². The molecule has 11 heteroatoms. The lowest BCUT2D eigenvalue weighted by Crippen LogP contribution is -2.16.